The first-order chi connectivity index (χ1) is 12.5. The van der Waals surface area contributed by atoms with Gasteiger partial charge in [0, 0.05) is 48.5 Å². The molecule has 140 valence electrons. The lowest BCUT2D eigenvalue weighted by Gasteiger charge is -2.28. The molecule has 0 aliphatic carbocycles. The van der Waals surface area contributed by atoms with Crippen LogP contribution in [0.2, 0.25) is 0 Å². The van der Waals surface area contributed by atoms with Crippen LogP contribution in [0.3, 0.4) is 0 Å². The van der Waals surface area contributed by atoms with E-state index in [-0.39, 0.29) is 6.03 Å². The van der Waals surface area contributed by atoms with Crippen LogP contribution in [0, 0.1) is 0 Å². The van der Waals surface area contributed by atoms with E-state index < -0.39 is 10.8 Å². The number of ether oxygens (including phenoxy) is 1. The van der Waals surface area contributed by atoms with Gasteiger partial charge in [0.25, 0.3) is 5.91 Å². The van der Waals surface area contributed by atoms with Crippen molar-refractivity contribution in [2.45, 2.75) is 11.3 Å². The standard InChI is InChI=1S/C17H23N5O3S/c1-25-9-7-20-16(24)22-8-6-13-14(10-22)26-17(21-13,15(19)23)11-4-2-3-5-12(11)18/h2-5,21H,6-10,18H2,1H3,(H2,19,23)(H,20,24). The van der Waals surface area contributed by atoms with E-state index in [4.69, 9.17) is 16.2 Å². The molecule has 26 heavy (non-hydrogen) atoms. The minimum absolute atomic E-state index is 0.148. The highest BCUT2D eigenvalue weighted by molar-refractivity contribution is 8.05. The normalized spacial score (nSPS) is 22.0. The summed E-state index contributed by atoms with van der Waals surface area (Å²) in [6, 6.07) is 7.03. The van der Waals surface area contributed by atoms with Gasteiger partial charge in [-0.15, -0.1) is 0 Å². The second-order valence-electron chi connectivity index (χ2n) is 6.16. The quantitative estimate of drug-likeness (QED) is 0.438. The minimum atomic E-state index is -1.14. The molecule has 2 aliphatic rings. The maximum Gasteiger partial charge on any atom is 0.317 e. The summed E-state index contributed by atoms with van der Waals surface area (Å²) in [7, 11) is 1.59. The zero-order valence-corrected chi connectivity index (χ0v) is 15.4. The fraction of sp³-hybridized carbons (Fsp3) is 0.412. The summed E-state index contributed by atoms with van der Waals surface area (Å²) >= 11 is 1.33. The van der Waals surface area contributed by atoms with Crippen molar-refractivity contribution in [3.8, 4) is 0 Å². The Morgan fingerprint density at radius 3 is 2.88 bits per heavy atom. The van der Waals surface area contributed by atoms with E-state index in [0.717, 1.165) is 10.6 Å². The van der Waals surface area contributed by atoms with Gasteiger partial charge in [-0.3, -0.25) is 4.79 Å². The number of nitrogen functional groups attached to an aromatic ring is 1. The summed E-state index contributed by atoms with van der Waals surface area (Å²) in [4.78, 5) is 26.1. The Labute approximate surface area is 156 Å². The van der Waals surface area contributed by atoms with Gasteiger partial charge in [-0.1, -0.05) is 30.0 Å². The van der Waals surface area contributed by atoms with E-state index in [2.05, 4.69) is 10.6 Å². The Morgan fingerprint density at radius 2 is 2.19 bits per heavy atom. The van der Waals surface area contributed by atoms with Crippen LogP contribution < -0.4 is 22.1 Å². The first-order valence-corrected chi connectivity index (χ1v) is 9.15. The Kier molecular flexibility index (Phi) is 5.28. The molecule has 0 spiro atoms. The number of hydrogen-bond acceptors (Lipinski definition) is 6. The van der Waals surface area contributed by atoms with Crippen molar-refractivity contribution in [1.29, 1.82) is 0 Å². The summed E-state index contributed by atoms with van der Waals surface area (Å²) in [5.41, 5.74) is 13.9. The Morgan fingerprint density at radius 1 is 1.42 bits per heavy atom. The molecule has 2 aliphatic heterocycles. The van der Waals surface area contributed by atoms with Crippen LogP contribution >= 0.6 is 11.8 Å². The van der Waals surface area contributed by atoms with Gasteiger partial charge >= 0.3 is 6.03 Å². The van der Waals surface area contributed by atoms with Gasteiger partial charge in [0.2, 0.25) is 0 Å². The highest BCUT2D eigenvalue weighted by Gasteiger charge is 2.48. The predicted octanol–water partition coefficient (Wildman–Crippen LogP) is 0.517. The van der Waals surface area contributed by atoms with Gasteiger partial charge < -0.3 is 31.7 Å². The SMILES string of the molecule is COCCNC(=O)N1CCC2=C(C1)SC(C(N)=O)(c1ccccc1N)N2. The molecule has 1 aromatic rings. The average Bonchev–Trinajstić information content (AvgIpc) is 3.02. The molecule has 9 heteroatoms. The third-order valence-electron chi connectivity index (χ3n) is 4.46. The van der Waals surface area contributed by atoms with Crippen molar-refractivity contribution in [3.63, 3.8) is 0 Å². The number of urea groups is 1. The van der Waals surface area contributed by atoms with Crippen LogP contribution in [0.1, 0.15) is 12.0 Å². The van der Waals surface area contributed by atoms with Crippen molar-refractivity contribution >= 4 is 29.4 Å². The lowest BCUT2D eigenvalue weighted by Crippen LogP contribution is -2.48. The van der Waals surface area contributed by atoms with Crippen LogP contribution in [0.15, 0.2) is 34.9 Å². The van der Waals surface area contributed by atoms with E-state index in [1.165, 1.54) is 11.8 Å². The van der Waals surface area contributed by atoms with Crippen molar-refractivity contribution in [3.05, 3.63) is 40.4 Å². The van der Waals surface area contributed by atoms with Gasteiger partial charge in [0.1, 0.15) is 0 Å². The van der Waals surface area contributed by atoms with E-state index in [0.29, 0.717) is 43.9 Å². The Hall–Kier alpha value is -2.39. The molecular weight excluding hydrogens is 354 g/mol. The molecule has 0 bridgehead atoms. The molecule has 1 atom stereocenters. The average molecular weight is 377 g/mol. The number of nitrogens with two attached hydrogens (primary N) is 2. The van der Waals surface area contributed by atoms with Gasteiger partial charge in [0.05, 0.1) is 13.2 Å². The zero-order chi connectivity index (χ0) is 18.7. The fourth-order valence-electron chi connectivity index (χ4n) is 3.11. The van der Waals surface area contributed by atoms with E-state index in [1.54, 1.807) is 24.1 Å². The zero-order valence-electron chi connectivity index (χ0n) is 14.6. The largest absolute Gasteiger partial charge is 0.398 e. The number of para-hydroxylation sites is 1. The highest BCUT2D eigenvalue weighted by atomic mass is 32.2. The number of nitrogens with one attached hydrogen (secondary N) is 2. The second kappa shape index (κ2) is 7.46. The number of carbonyl (C=O) groups excluding carboxylic acids is 2. The lowest BCUT2D eigenvalue weighted by molar-refractivity contribution is -0.121. The number of anilines is 1. The number of nitrogens with zero attached hydrogens (tertiary/aromatic N) is 1. The van der Waals surface area contributed by atoms with E-state index in [9.17, 15) is 9.59 Å². The molecule has 2 heterocycles. The van der Waals surface area contributed by atoms with Gasteiger partial charge in [0.15, 0.2) is 4.87 Å². The number of benzene rings is 1. The molecule has 6 N–H and O–H groups in total. The summed E-state index contributed by atoms with van der Waals surface area (Å²) < 4.78 is 4.94. The molecular formula is C17H23N5O3S. The first-order valence-electron chi connectivity index (χ1n) is 8.33. The minimum Gasteiger partial charge on any atom is -0.398 e. The van der Waals surface area contributed by atoms with E-state index in [1.807, 2.05) is 12.1 Å². The first kappa shape index (κ1) is 18.4. The number of amides is 3. The molecule has 3 rings (SSSR count). The third kappa shape index (κ3) is 3.32. The second-order valence-corrected chi connectivity index (χ2v) is 7.47. The van der Waals surface area contributed by atoms with Crippen molar-refractivity contribution in [1.82, 2.24) is 15.5 Å². The van der Waals surface area contributed by atoms with Crippen LogP contribution in [0.4, 0.5) is 10.5 Å². The molecule has 8 nitrogen and oxygen atoms in total. The van der Waals surface area contributed by atoms with Crippen LogP contribution in [0.25, 0.3) is 0 Å². The van der Waals surface area contributed by atoms with Crippen LogP contribution in [0.5, 0.6) is 0 Å². The highest BCUT2D eigenvalue weighted by Crippen LogP contribution is 2.49. The molecule has 0 saturated heterocycles. The van der Waals surface area contributed by atoms with Gasteiger partial charge in [-0.25, -0.2) is 4.79 Å². The predicted molar refractivity (Wildman–Crippen MR) is 101 cm³/mol. The van der Waals surface area contributed by atoms with Crippen LogP contribution in [-0.2, 0) is 14.4 Å². The van der Waals surface area contributed by atoms with Crippen molar-refractivity contribution in [2.75, 3.05) is 39.1 Å². The summed E-state index contributed by atoms with van der Waals surface area (Å²) in [6.07, 6.45) is 0.627. The van der Waals surface area contributed by atoms with Crippen molar-refractivity contribution < 1.29 is 14.3 Å². The van der Waals surface area contributed by atoms with Crippen molar-refractivity contribution in [2.24, 2.45) is 5.73 Å². The maximum atomic E-state index is 12.4. The Balaban J connectivity index is 1.77. The molecule has 1 aromatic carbocycles. The number of thioether (sulfide) groups is 1. The van der Waals surface area contributed by atoms with Crippen LogP contribution in [-0.4, -0.2) is 50.2 Å². The number of primary amides is 1. The monoisotopic (exact) mass is 377 g/mol. The molecule has 0 radical (unpaired) electrons. The third-order valence-corrected chi connectivity index (χ3v) is 5.91. The number of rotatable bonds is 5. The smallest absolute Gasteiger partial charge is 0.317 e. The Bertz CT molecular complexity index is 754. The van der Waals surface area contributed by atoms with Gasteiger partial charge in [-0.2, -0.15) is 0 Å². The van der Waals surface area contributed by atoms with E-state index >= 15 is 0 Å². The maximum absolute atomic E-state index is 12.4. The molecule has 0 saturated carbocycles. The number of methoxy groups -OCH3 is 1. The summed E-state index contributed by atoms with van der Waals surface area (Å²) in [5.74, 6) is -0.508. The topological polar surface area (TPSA) is 123 Å². The van der Waals surface area contributed by atoms with Gasteiger partial charge in [-0.05, 0) is 6.07 Å². The fourth-order valence-corrected chi connectivity index (χ4v) is 4.55. The molecule has 0 aromatic heterocycles. The summed E-state index contributed by atoms with van der Waals surface area (Å²) in [5, 5.41) is 6.10. The number of hydrogen-bond donors (Lipinski definition) is 4. The summed E-state index contributed by atoms with van der Waals surface area (Å²) in [6.45, 7) is 1.90. The molecule has 1 unspecified atom stereocenters. The molecule has 0 fully saturated rings. The molecule has 3 amide bonds. The number of carbonyl (C=O) groups is 2. The lowest BCUT2D eigenvalue weighted by atomic mass is 10.0.